The maximum Gasteiger partial charge on any atom is 0.157 e. The van der Waals surface area contributed by atoms with E-state index in [1.807, 2.05) is 0 Å². The molecular weight excluding hydrogens is 166 g/mol. The van der Waals surface area contributed by atoms with Gasteiger partial charge in [0.05, 0.1) is 6.61 Å². The van der Waals surface area contributed by atoms with Crippen molar-refractivity contribution in [1.82, 2.24) is 0 Å². The van der Waals surface area contributed by atoms with Crippen LogP contribution < -0.4 is 5.73 Å². The van der Waals surface area contributed by atoms with E-state index in [0.29, 0.717) is 12.5 Å². The van der Waals surface area contributed by atoms with Crippen LogP contribution in [-0.2, 0) is 9.47 Å². The molecule has 1 saturated heterocycles. The molecule has 0 spiro atoms. The second-order valence-electron chi connectivity index (χ2n) is 4.04. The molecule has 0 aromatic carbocycles. The summed E-state index contributed by atoms with van der Waals surface area (Å²) in [6.07, 6.45) is 3.39. The number of nitrogens with two attached hydrogens (primary N) is 1. The van der Waals surface area contributed by atoms with Crippen LogP contribution >= 0.6 is 0 Å². The molecule has 2 atom stereocenters. The standard InChI is InChI=1S/C10H21NO2/c1-8(2)9(11)7-13-10-5-3-4-6-12-10/h8-10H,3-7,11H2,1-2H3/t9-,10?/m1/s1. The van der Waals surface area contributed by atoms with E-state index in [1.54, 1.807) is 0 Å². The van der Waals surface area contributed by atoms with Crippen LogP contribution in [0.4, 0.5) is 0 Å². The minimum atomic E-state index is -0.00134. The van der Waals surface area contributed by atoms with Crippen molar-refractivity contribution in [3.05, 3.63) is 0 Å². The molecule has 0 bridgehead atoms. The SMILES string of the molecule is CC(C)[C@H](N)COC1CCCCO1. The van der Waals surface area contributed by atoms with Crippen LogP contribution in [0.1, 0.15) is 33.1 Å². The highest BCUT2D eigenvalue weighted by atomic mass is 16.7. The van der Waals surface area contributed by atoms with E-state index in [2.05, 4.69) is 13.8 Å². The first kappa shape index (κ1) is 11.0. The number of hydrogen-bond acceptors (Lipinski definition) is 3. The van der Waals surface area contributed by atoms with Crippen molar-refractivity contribution in [2.24, 2.45) is 11.7 Å². The first-order valence-electron chi connectivity index (χ1n) is 5.19. The van der Waals surface area contributed by atoms with E-state index in [0.717, 1.165) is 19.4 Å². The fourth-order valence-electron chi connectivity index (χ4n) is 1.25. The van der Waals surface area contributed by atoms with Crippen molar-refractivity contribution < 1.29 is 9.47 Å². The minimum Gasteiger partial charge on any atom is -0.353 e. The molecule has 3 heteroatoms. The van der Waals surface area contributed by atoms with E-state index in [4.69, 9.17) is 15.2 Å². The summed E-state index contributed by atoms with van der Waals surface area (Å²) in [6, 6.07) is 0.130. The molecule has 13 heavy (non-hydrogen) atoms. The average Bonchev–Trinajstić information content (AvgIpc) is 2.15. The largest absolute Gasteiger partial charge is 0.353 e. The van der Waals surface area contributed by atoms with E-state index in [1.165, 1.54) is 6.42 Å². The third-order valence-corrected chi connectivity index (χ3v) is 2.47. The number of ether oxygens (including phenoxy) is 2. The zero-order valence-corrected chi connectivity index (χ0v) is 8.66. The van der Waals surface area contributed by atoms with Gasteiger partial charge in [-0.1, -0.05) is 13.8 Å². The van der Waals surface area contributed by atoms with Crippen molar-refractivity contribution in [2.45, 2.75) is 45.4 Å². The zero-order valence-electron chi connectivity index (χ0n) is 8.66. The fraction of sp³-hybridized carbons (Fsp3) is 1.00. The first-order chi connectivity index (χ1) is 6.20. The van der Waals surface area contributed by atoms with Crippen LogP contribution in [0.2, 0.25) is 0 Å². The van der Waals surface area contributed by atoms with Gasteiger partial charge in [0.2, 0.25) is 0 Å². The molecule has 0 aromatic rings. The Labute approximate surface area is 80.6 Å². The van der Waals surface area contributed by atoms with Crippen LogP contribution in [0.3, 0.4) is 0 Å². The molecule has 1 aliphatic rings. The monoisotopic (exact) mass is 187 g/mol. The Balaban J connectivity index is 2.10. The highest BCUT2D eigenvalue weighted by Crippen LogP contribution is 2.14. The van der Waals surface area contributed by atoms with Crippen molar-refractivity contribution in [3.8, 4) is 0 Å². The summed E-state index contributed by atoms with van der Waals surface area (Å²) < 4.78 is 11.0. The average molecular weight is 187 g/mol. The molecule has 78 valence electrons. The molecule has 0 saturated carbocycles. The quantitative estimate of drug-likeness (QED) is 0.725. The van der Waals surface area contributed by atoms with E-state index in [9.17, 15) is 0 Å². The third kappa shape index (κ3) is 4.07. The summed E-state index contributed by atoms with van der Waals surface area (Å²) >= 11 is 0. The summed E-state index contributed by atoms with van der Waals surface area (Å²) in [5.41, 5.74) is 5.85. The van der Waals surface area contributed by atoms with Crippen LogP contribution in [0.15, 0.2) is 0 Å². The van der Waals surface area contributed by atoms with Gasteiger partial charge in [0.25, 0.3) is 0 Å². The molecule has 3 nitrogen and oxygen atoms in total. The van der Waals surface area contributed by atoms with Crippen LogP contribution in [-0.4, -0.2) is 25.5 Å². The van der Waals surface area contributed by atoms with E-state index < -0.39 is 0 Å². The second kappa shape index (κ2) is 5.58. The van der Waals surface area contributed by atoms with Crippen molar-refractivity contribution in [3.63, 3.8) is 0 Å². The molecule has 0 amide bonds. The van der Waals surface area contributed by atoms with Crippen LogP contribution in [0.25, 0.3) is 0 Å². The molecule has 1 heterocycles. The van der Waals surface area contributed by atoms with Gasteiger partial charge in [-0.15, -0.1) is 0 Å². The third-order valence-electron chi connectivity index (χ3n) is 2.47. The fourth-order valence-corrected chi connectivity index (χ4v) is 1.25. The van der Waals surface area contributed by atoms with Crippen LogP contribution in [0.5, 0.6) is 0 Å². The van der Waals surface area contributed by atoms with E-state index in [-0.39, 0.29) is 12.3 Å². The predicted molar refractivity (Wildman–Crippen MR) is 52.4 cm³/mol. The van der Waals surface area contributed by atoms with Gasteiger partial charge in [-0.25, -0.2) is 0 Å². The first-order valence-corrected chi connectivity index (χ1v) is 5.19. The number of hydrogen-bond donors (Lipinski definition) is 1. The Morgan fingerprint density at radius 2 is 2.23 bits per heavy atom. The Bertz CT molecular complexity index is 133. The molecule has 1 fully saturated rings. The second-order valence-corrected chi connectivity index (χ2v) is 4.04. The molecule has 1 unspecified atom stereocenters. The van der Waals surface area contributed by atoms with Gasteiger partial charge in [-0.05, 0) is 25.2 Å². The Morgan fingerprint density at radius 3 is 2.77 bits per heavy atom. The van der Waals surface area contributed by atoms with Gasteiger partial charge in [0.1, 0.15) is 0 Å². The molecule has 1 rings (SSSR count). The van der Waals surface area contributed by atoms with Gasteiger partial charge < -0.3 is 15.2 Å². The van der Waals surface area contributed by atoms with Crippen molar-refractivity contribution in [1.29, 1.82) is 0 Å². The molecular formula is C10H21NO2. The smallest absolute Gasteiger partial charge is 0.157 e. The minimum absolute atomic E-state index is 0.00134. The van der Waals surface area contributed by atoms with Gasteiger partial charge >= 0.3 is 0 Å². The van der Waals surface area contributed by atoms with Gasteiger partial charge in [-0.2, -0.15) is 0 Å². The topological polar surface area (TPSA) is 44.5 Å². The van der Waals surface area contributed by atoms with Crippen LogP contribution in [0, 0.1) is 5.92 Å². The Kier molecular flexibility index (Phi) is 4.70. The molecule has 0 aliphatic carbocycles. The lowest BCUT2D eigenvalue weighted by molar-refractivity contribution is -0.165. The molecule has 1 aliphatic heterocycles. The van der Waals surface area contributed by atoms with Crippen molar-refractivity contribution >= 4 is 0 Å². The molecule has 0 aromatic heterocycles. The van der Waals surface area contributed by atoms with Gasteiger partial charge in [0, 0.05) is 12.6 Å². The summed E-state index contributed by atoms with van der Waals surface area (Å²) in [5.74, 6) is 0.476. The Hall–Kier alpha value is -0.120. The summed E-state index contributed by atoms with van der Waals surface area (Å²) in [4.78, 5) is 0. The van der Waals surface area contributed by atoms with Crippen molar-refractivity contribution in [2.75, 3.05) is 13.2 Å². The summed E-state index contributed by atoms with van der Waals surface area (Å²) in [7, 11) is 0. The molecule has 2 N–H and O–H groups in total. The lowest BCUT2D eigenvalue weighted by Crippen LogP contribution is -2.35. The number of rotatable bonds is 4. The highest BCUT2D eigenvalue weighted by Gasteiger charge is 2.16. The van der Waals surface area contributed by atoms with E-state index >= 15 is 0 Å². The molecule has 0 radical (unpaired) electrons. The predicted octanol–water partition coefficient (Wildman–Crippen LogP) is 1.51. The summed E-state index contributed by atoms with van der Waals surface area (Å²) in [6.45, 7) is 5.66. The lowest BCUT2D eigenvalue weighted by Gasteiger charge is -2.25. The van der Waals surface area contributed by atoms with Gasteiger partial charge in [0.15, 0.2) is 6.29 Å². The lowest BCUT2D eigenvalue weighted by atomic mass is 10.1. The summed E-state index contributed by atoms with van der Waals surface area (Å²) in [5, 5.41) is 0. The maximum absolute atomic E-state index is 5.85. The zero-order chi connectivity index (χ0) is 9.68. The highest BCUT2D eigenvalue weighted by molar-refractivity contribution is 4.64. The normalized spacial score (nSPS) is 26.3. The maximum atomic E-state index is 5.85. The van der Waals surface area contributed by atoms with Gasteiger partial charge in [-0.3, -0.25) is 0 Å². The Morgan fingerprint density at radius 1 is 1.46 bits per heavy atom.